The molecule has 1 aliphatic carbocycles. The molecule has 10 heteroatoms. The Morgan fingerprint density at radius 3 is 2.26 bits per heavy atom. The fourth-order valence-corrected chi connectivity index (χ4v) is 14.1. The molecule has 2 heterocycles. The van der Waals surface area contributed by atoms with Crippen LogP contribution in [0.15, 0.2) is 18.6 Å². The van der Waals surface area contributed by atoms with Gasteiger partial charge in [-0.1, -0.05) is 62.3 Å². The van der Waals surface area contributed by atoms with Crippen LogP contribution < -0.4 is 5.32 Å². The minimum Gasteiger partial charge on any atom is -0.416 e. The van der Waals surface area contributed by atoms with Gasteiger partial charge in [0.05, 0.1) is 23.2 Å². The van der Waals surface area contributed by atoms with Crippen LogP contribution in [0.2, 0.25) is 34.8 Å². The number of aliphatic hydroxyl groups excluding tert-OH is 1. The molecule has 0 saturated heterocycles. The van der Waals surface area contributed by atoms with Gasteiger partial charge in [-0.2, -0.15) is 0 Å². The van der Waals surface area contributed by atoms with Crippen molar-refractivity contribution in [3.05, 3.63) is 39.5 Å². The van der Waals surface area contributed by atoms with Crippen LogP contribution >= 0.6 is 11.3 Å². The summed E-state index contributed by atoms with van der Waals surface area (Å²) in [6.07, 6.45) is 4.91. The molecule has 2 aromatic rings. The number of hydrogen-bond acceptors (Lipinski definition) is 8. The molecule has 0 unspecified atom stereocenters. The number of thiophene rings is 1. The zero-order chi connectivity index (χ0) is 31.6. The van der Waals surface area contributed by atoms with Crippen LogP contribution in [0.5, 0.6) is 0 Å². The van der Waals surface area contributed by atoms with Gasteiger partial charge in [-0.15, -0.1) is 11.3 Å². The van der Waals surface area contributed by atoms with Gasteiger partial charge in [0.15, 0.2) is 8.32 Å². The molecule has 1 aliphatic rings. The predicted octanol–water partition coefficient (Wildman–Crippen LogP) is 8.34. The Kier molecular flexibility index (Phi) is 11.4. The number of nitrogens with one attached hydrogen (secondary N) is 1. The molecular weight excluding hydrogens is 579 g/mol. The molecule has 0 bridgehead atoms. The maximum absolute atomic E-state index is 13.5. The molecule has 0 aliphatic heterocycles. The number of aliphatic hydroxyl groups is 1. The highest BCUT2D eigenvalue weighted by Gasteiger charge is 2.50. The number of carbonyl (C=O) groups is 1. The molecule has 2 aromatic heterocycles. The third kappa shape index (κ3) is 7.43. The molecular formula is C32H55N3O4SSi2. The van der Waals surface area contributed by atoms with Crippen molar-refractivity contribution in [3.8, 4) is 0 Å². The van der Waals surface area contributed by atoms with Crippen molar-refractivity contribution in [2.75, 3.05) is 11.9 Å². The van der Waals surface area contributed by atoms with E-state index >= 15 is 0 Å². The van der Waals surface area contributed by atoms with Crippen molar-refractivity contribution in [2.24, 2.45) is 5.92 Å². The molecule has 2 N–H and O–H groups in total. The second kappa shape index (κ2) is 13.7. The highest BCUT2D eigenvalue weighted by atomic mass is 32.1. The van der Waals surface area contributed by atoms with Crippen LogP contribution in [0.25, 0.3) is 0 Å². The first kappa shape index (κ1) is 35.0. The van der Waals surface area contributed by atoms with E-state index < -0.39 is 16.6 Å². The molecule has 0 aromatic carbocycles. The molecule has 3 rings (SSSR count). The first-order chi connectivity index (χ1) is 19.4. The number of hydrogen-bond donors (Lipinski definition) is 2. The smallest absolute Gasteiger partial charge is 0.208 e. The molecule has 0 amide bonds. The molecule has 1 fully saturated rings. The maximum Gasteiger partial charge on any atom is 0.208 e. The van der Waals surface area contributed by atoms with Crippen molar-refractivity contribution in [2.45, 2.75) is 136 Å². The molecule has 236 valence electrons. The van der Waals surface area contributed by atoms with Crippen LogP contribution in [0.4, 0.5) is 5.82 Å². The van der Waals surface area contributed by atoms with Gasteiger partial charge in [0.25, 0.3) is 0 Å². The summed E-state index contributed by atoms with van der Waals surface area (Å²) in [7, 11) is -4.05. The summed E-state index contributed by atoms with van der Waals surface area (Å²) in [6, 6.07) is 1.88. The van der Waals surface area contributed by atoms with E-state index in [1.165, 1.54) is 17.7 Å². The van der Waals surface area contributed by atoms with Gasteiger partial charge in [0.2, 0.25) is 14.1 Å². The molecule has 3 atom stereocenters. The van der Waals surface area contributed by atoms with E-state index in [1.54, 1.807) is 12.3 Å². The maximum atomic E-state index is 13.5. The van der Waals surface area contributed by atoms with Crippen LogP contribution in [-0.4, -0.2) is 56.2 Å². The SMILES string of the molecule is Cc1sc(C(=O)c2cncnc2N[C@@H]2C[C@H](CO[Si](C)(C)C(C)(C)C)[C@@H](O[Si](C(C)C)(C(C)C)C(C)C)C2)cc1CO. The third-order valence-electron chi connectivity index (χ3n) is 9.87. The first-order valence-electron chi connectivity index (χ1n) is 15.6. The monoisotopic (exact) mass is 633 g/mol. The summed E-state index contributed by atoms with van der Waals surface area (Å²) < 4.78 is 14.2. The van der Waals surface area contributed by atoms with E-state index in [-0.39, 0.29) is 35.5 Å². The van der Waals surface area contributed by atoms with Crippen LogP contribution in [0.1, 0.15) is 101 Å². The standard InChI is InChI=1S/C32H55N3O4SSi2/c1-20(2)42(21(3)4,22(5)6)39-28-15-26(13-25(28)18-38-41(11,12)32(8,9)10)35-31-27(16-33-19-34-31)30(37)29-14-24(17-36)23(7)40-29/h14,16,19-22,25-26,28,36H,13,15,17-18H2,1-12H3,(H,33,34,35)/t25-,26-,28+/m1/s1. The summed E-state index contributed by atoms with van der Waals surface area (Å²) >= 11 is 1.40. The summed E-state index contributed by atoms with van der Waals surface area (Å²) in [5.74, 6) is 0.689. The number of nitrogens with zero attached hydrogens (tertiary/aromatic N) is 2. The van der Waals surface area contributed by atoms with Gasteiger partial charge in [-0.25, -0.2) is 9.97 Å². The Morgan fingerprint density at radius 2 is 1.74 bits per heavy atom. The molecule has 7 nitrogen and oxygen atoms in total. The van der Waals surface area contributed by atoms with Gasteiger partial charge >= 0.3 is 0 Å². The lowest BCUT2D eigenvalue weighted by Crippen LogP contribution is -2.51. The van der Waals surface area contributed by atoms with Crippen molar-refractivity contribution < 1.29 is 18.8 Å². The van der Waals surface area contributed by atoms with Crippen LogP contribution in [-0.2, 0) is 15.5 Å². The number of rotatable bonds is 13. The Labute approximate surface area is 260 Å². The highest BCUT2D eigenvalue weighted by Crippen LogP contribution is 2.46. The number of ketones is 1. The van der Waals surface area contributed by atoms with E-state index in [9.17, 15) is 9.90 Å². The lowest BCUT2D eigenvalue weighted by atomic mass is 10.1. The van der Waals surface area contributed by atoms with Gasteiger partial charge in [-0.05, 0) is 66.2 Å². The fraction of sp³-hybridized carbons (Fsp3) is 0.719. The highest BCUT2D eigenvalue weighted by molar-refractivity contribution is 7.14. The van der Waals surface area contributed by atoms with Gasteiger partial charge in [0.1, 0.15) is 12.1 Å². The van der Waals surface area contributed by atoms with Gasteiger partial charge in [0, 0.05) is 29.6 Å². The largest absolute Gasteiger partial charge is 0.416 e. The topological polar surface area (TPSA) is 93.6 Å². The van der Waals surface area contributed by atoms with Crippen molar-refractivity contribution in [3.63, 3.8) is 0 Å². The van der Waals surface area contributed by atoms with Crippen LogP contribution in [0.3, 0.4) is 0 Å². The Balaban J connectivity index is 1.90. The minimum absolute atomic E-state index is 0.0816. The van der Waals surface area contributed by atoms with E-state index in [2.05, 4.69) is 90.7 Å². The predicted molar refractivity (Wildman–Crippen MR) is 180 cm³/mol. The average Bonchev–Trinajstić information content (AvgIpc) is 3.46. The Bertz CT molecular complexity index is 1190. The summed E-state index contributed by atoms with van der Waals surface area (Å²) in [6.45, 7) is 28.0. The second-order valence-electron chi connectivity index (χ2n) is 14.6. The van der Waals surface area contributed by atoms with Crippen LogP contribution in [0, 0.1) is 12.8 Å². The van der Waals surface area contributed by atoms with Crippen molar-refractivity contribution in [1.29, 1.82) is 0 Å². The number of carbonyl (C=O) groups excluding carboxylic acids is 1. The summed E-state index contributed by atoms with van der Waals surface area (Å²) in [4.78, 5) is 23.8. The fourth-order valence-electron chi connectivity index (χ4n) is 6.45. The summed E-state index contributed by atoms with van der Waals surface area (Å²) in [5.41, 5.74) is 2.72. The number of aromatic nitrogens is 2. The summed E-state index contributed by atoms with van der Waals surface area (Å²) in [5, 5.41) is 13.4. The Hall–Kier alpha value is -1.44. The van der Waals surface area contributed by atoms with Crippen molar-refractivity contribution >= 4 is 39.6 Å². The molecule has 42 heavy (non-hydrogen) atoms. The number of anilines is 1. The molecule has 1 saturated carbocycles. The third-order valence-corrected chi connectivity index (χ3v) is 21.6. The zero-order valence-electron chi connectivity index (χ0n) is 28.0. The second-order valence-corrected chi connectivity index (χ2v) is 26.1. The normalized spacial score (nSPS) is 20.2. The van der Waals surface area contributed by atoms with E-state index in [0.717, 1.165) is 23.3 Å². The quantitative estimate of drug-likeness (QED) is 0.169. The van der Waals surface area contributed by atoms with E-state index in [4.69, 9.17) is 8.85 Å². The lowest BCUT2D eigenvalue weighted by molar-refractivity contribution is 0.0971. The zero-order valence-corrected chi connectivity index (χ0v) is 30.8. The van der Waals surface area contributed by atoms with Gasteiger partial charge in [-0.3, -0.25) is 4.79 Å². The first-order valence-corrected chi connectivity index (χ1v) is 21.4. The molecule has 0 radical (unpaired) electrons. The Morgan fingerprint density at radius 1 is 1.12 bits per heavy atom. The van der Waals surface area contributed by atoms with Crippen molar-refractivity contribution in [1.82, 2.24) is 9.97 Å². The van der Waals surface area contributed by atoms with E-state index in [1.807, 2.05) is 6.92 Å². The minimum atomic E-state index is -2.12. The average molecular weight is 634 g/mol. The van der Waals surface area contributed by atoms with Gasteiger partial charge < -0.3 is 19.3 Å². The molecule has 0 spiro atoms. The van der Waals surface area contributed by atoms with E-state index in [0.29, 0.717) is 39.5 Å². The lowest BCUT2D eigenvalue weighted by Gasteiger charge is -2.45. The number of aryl methyl sites for hydroxylation is 1.